The molecule has 8 heteroatoms. The molecule has 28 heavy (non-hydrogen) atoms. The van der Waals surface area contributed by atoms with Crippen LogP contribution < -0.4 is 19.5 Å². The van der Waals surface area contributed by atoms with Crippen molar-refractivity contribution in [2.45, 2.75) is 18.9 Å². The third-order valence-corrected chi connectivity index (χ3v) is 4.12. The van der Waals surface area contributed by atoms with Gasteiger partial charge in [-0.1, -0.05) is 6.07 Å². The maximum absolute atomic E-state index is 13.5. The van der Waals surface area contributed by atoms with Gasteiger partial charge in [0, 0.05) is 5.56 Å². The molecule has 0 aromatic heterocycles. The highest BCUT2D eigenvalue weighted by molar-refractivity contribution is 5.80. The third-order valence-electron chi connectivity index (χ3n) is 4.12. The van der Waals surface area contributed by atoms with E-state index in [0.29, 0.717) is 28.4 Å². The highest BCUT2D eigenvalue weighted by Gasteiger charge is 2.21. The second-order valence-corrected chi connectivity index (χ2v) is 5.97. The van der Waals surface area contributed by atoms with E-state index < -0.39 is 23.7 Å². The molecule has 0 spiro atoms. The van der Waals surface area contributed by atoms with E-state index in [0.717, 1.165) is 0 Å². The number of ether oxygens (including phenoxy) is 3. The van der Waals surface area contributed by atoms with Gasteiger partial charge < -0.3 is 24.6 Å². The van der Waals surface area contributed by atoms with Crippen molar-refractivity contribution >= 4 is 11.9 Å². The molecule has 0 saturated heterocycles. The summed E-state index contributed by atoms with van der Waals surface area (Å²) < 4.78 is 29.0. The maximum atomic E-state index is 13.5. The van der Waals surface area contributed by atoms with E-state index in [-0.39, 0.29) is 12.8 Å². The molecular weight excluding hydrogens is 369 g/mol. The summed E-state index contributed by atoms with van der Waals surface area (Å²) in [5.74, 6) is -0.774. The number of carboxylic acid groups (broad SMARTS) is 1. The molecule has 0 saturated carbocycles. The first kappa shape index (κ1) is 21.0. The molecular formula is C20H22FNO6. The predicted octanol–water partition coefficient (Wildman–Crippen LogP) is 2.73. The summed E-state index contributed by atoms with van der Waals surface area (Å²) in [6.07, 6.45) is -0.494. The first-order chi connectivity index (χ1) is 13.4. The lowest BCUT2D eigenvalue weighted by molar-refractivity contribution is -0.137. The summed E-state index contributed by atoms with van der Waals surface area (Å²) in [5.41, 5.74) is 0.904. The Kier molecular flexibility index (Phi) is 7.20. The van der Waals surface area contributed by atoms with Crippen molar-refractivity contribution in [2.75, 3.05) is 21.3 Å². The fourth-order valence-corrected chi connectivity index (χ4v) is 2.80. The quantitative estimate of drug-likeness (QED) is 0.683. The molecule has 2 N–H and O–H groups in total. The van der Waals surface area contributed by atoms with Gasteiger partial charge in [0.25, 0.3) is 0 Å². The number of nitrogens with one attached hydrogen (secondary N) is 1. The van der Waals surface area contributed by atoms with Crippen LogP contribution in [0.3, 0.4) is 0 Å². The average molecular weight is 391 g/mol. The third kappa shape index (κ3) is 5.35. The van der Waals surface area contributed by atoms with Crippen molar-refractivity contribution in [2.24, 2.45) is 0 Å². The molecule has 0 aliphatic rings. The van der Waals surface area contributed by atoms with Crippen molar-refractivity contribution in [3.8, 4) is 17.2 Å². The van der Waals surface area contributed by atoms with E-state index in [2.05, 4.69) is 5.32 Å². The number of halogens is 1. The molecule has 0 aliphatic heterocycles. The molecule has 2 rings (SSSR count). The Balaban J connectivity index is 2.24. The van der Waals surface area contributed by atoms with Crippen LogP contribution in [-0.4, -0.2) is 38.3 Å². The van der Waals surface area contributed by atoms with Crippen molar-refractivity contribution < 1.29 is 33.3 Å². The van der Waals surface area contributed by atoms with Gasteiger partial charge in [-0.25, -0.2) is 4.39 Å². The number of aliphatic carboxylic acids is 1. The zero-order valence-electron chi connectivity index (χ0n) is 15.8. The minimum Gasteiger partial charge on any atom is -0.496 e. The summed E-state index contributed by atoms with van der Waals surface area (Å²) in [6, 6.07) is 7.96. The first-order valence-electron chi connectivity index (χ1n) is 8.43. The van der Waals surface area contributed by atoms with Crippen LogP contribution in [0.25, 0.3) is 0 Å². The first-order valence-corrected chi connectivity index (χ1v) is 8.43. The highest BCUT2D eigenvalue weighted by Crippen LogP contribution is 2.31. The summed E-state index contributed by atoms with van der Waals surface area (Å²) in [4.78, 5) is 23.8. The van der Waals surface area contributed by atoms with Gasteiger partial charge in [-0.15, -0.1) is 0 Å². The molecule has 1 atom stereocenters. The number of amides is 1. The Bertz CT molecular complexity index is 855. The number of carboxylic acids is 1. The number of hydrogen-bond donors (Lipinski definition) is 2. The van der Waals surface area contributed by atoms with Crippen LogP contribution in [0.4, 0.5) is 4.39 Å². The normalized spacial score (nSPS) is 11.4. The maximum Gasteiger partial charge on any atom is 0.305 e. The lowest BCUT2D eigenvalue weighted by Crippen LogP contribution is -2.31. The second-order valence-electron chi connectivity index (χ2n) is 5.97. The van der Waals surface area contributed by atoms with Crippen LogP contribution in [0.2, 0.25) is 0 Å². The van der Waals surface area contributed by atoms with E-state index >= 15 is 0 Å². The Labute approximate surface area is 162 Å². The van der Waals surface area contributed by atoms with Gasteiger partial charge in [-0.05, 0) is 35.9 Å². The number of rotatable bonds is 9. The van der Waals surface area contributed by atoms with Crippen molar-refractivity contribution in [3.63, 3.8) is 0 Å². The lowest BCUT2D eigenvalue weighted by Gasteiger charge is -2.19. The molecule has 150 valence electrons. The Morgan fingerprint density at radius 3 is 2.25 bits per heavy atom. The molecule has 1 unspecified atom stereocenters. The number of methoxy groups -OCH3 is 3. The molecule has 7 nitrogen and oxygen atoms in total. The Morgan fingerprint density at radius 1 is 1.00 bits per heavy atom. The second kappa shape index (κ2) is 9.59. The minimum absolute atomic E-state index is 0.162. The van der Waals surface area contributed by atoms with E-state index in [1.54, 1.807) is 18.2 Å². The molecule has 0 heterocycles. The fraction of sp³-hybridized carbons (Fsp3) is 0.300. The SMILES string of the molecule is COc1ccc(F)cc1CC(=O)NC(CC(=O)O)c1ccc(OC)c(OC)c1. The topological polar surface area (TPSA) is 94.1 Å². The predicted molar refractivity (Wildman–Crippen MR) is 99.3 cm³/mol. The standard InChI is InChI=1S/C20H22FNO6/c1-26-16-7-5-14(21)8-13(16)10-19(23)22-15(11-20(24)25)12-4-6-17(27-2)18(9-12)28-3/h4-9,15H,10-11H2,1-3H3,(H,22,23)(H,24,25). The van der Waals surface area contributed by atoms with Crippen LogP contribution in [-0.2, 0) is 16.0 Å². The zero-order valence-corrected chi connectivity index (χ0v) is 15.8. The van der Waals surface area contributed by atoms with Crippen LogP contribution in [0.15, 0.2) is 36.4 Å². The summed E-state index contributed by atoms with van der Waals surface area (Å²) in [7, 11) is 4.37. The molecule has 1 amide bonds. The highest BCUT2D eigenvalue weighted by atomic mass is 19.1. The number of benzene rings is 2. The van der Waals surface area contributed by atoms with Crippen molar-refractivity contribution in [3.05, 3.63) is 53.3 Å². The minimum atomic E-state index is -1.08. The summed E-state index contributed by atoms with van der Waals surface area (Å²) in [5, 5.41) is 11.9. The number of carbonyl (C=O) groups excluding carboxylic acids is 1. The molecule has 0 fully saturated rings. The van der Waals surface area contributed by atoms with E-state index in [4.69, 9.17) is 14.2 Å². The van der Waals surface area contributed by atoms with Gasteiger partial charge in [0.1, 0.15) is 11.6 Å². The van der Waals surface area contributed by atoms with E-state index in [9.17, 15) is 19.1 Å². The van der Waals surface area contributed by atoms with Gasteiger partial charge in [-0.3, -0.25) is 9.59 Å². The van der Waals surface area contributed by atoms with Gasteiger partial charge in [0.15, 0.2) is 11.5 Å². The lowest BCUT2D eigenvalue weighted by atomic mass is 10.0. The van der Waals surface area contributed by atoms with Crippen LogP contribution in [0.1, 0.15) is 23.6 Å². The van der Waals surface area contributed by atoms with Gasteiger partial charge in [-0.2, -0.15) is 0 Å². The Hall–Kier alpha value is -3.29. The van der Waals surface area contributed by atoms with Crippen LogP contribution >= 0.6 is 0 Å². The summed E-state index contributed by atoms with van der Waals surface area (Å²) >= 11 is 0. The summed E-state index contributed by atoms with van der Waals surface area (Å²) in [6.45, 7) is 0. The van der Waals surface area contributed by atoms with Crippen molar-refractivity contribution in [1.82, 2.24) is 5.32 Å². The van der Waals surface area contributed by atoms with E-state index in [1.807, 2.05) is 0 Å². The Morgan fingerprint density at radius 2 is 1.64 bits per heavy atom. The molecule has 0 bridgehead atoms. The zero-order chi connectivity index (χ0) is 20.7. The van der Waals surface area contributed by atoms with Crippen molar-refractivity contribution in [1.29, 1.82) is 0 Å². The molecule has 0 aliphatic carbocycles. The van der Waals surface area contributed by atoms with Gasteiger partial charge >= 0.3 is 5.97 Å². The van der Waals surface area contributed by atoms with E-state index in [1.165, 1.54) is 39.5 Å². The largest absolute Gasteiger partial charge is 0.496 e. The average Bonchev–Trinajstić information content (AvgIpc) is 2.66. The molecule has 2 aromatic carbocycles. The van der Waals surface area contributed by atoms with Gasteiger partial charge in [0.05, 0.1) is 40.2 Å². The molecule has 0 radical (unpaired) electrons. The van der Waals surface area contributed by atoms with Crippen LogP contribution in [0.5, 0.6) is 17.2 Å². The smallest absolute Gasteiger partial charge is 0.305 e. The fourth-order valence-electron chi connectivity index (χ4n) is 2.80. The monoisotopic (exact) mass is 391 g/mol. The van der Waals surface area contributed by atoms with Gasteiger partial charge in [0.2, 0.25) is 5.91 Å². The number of hydrogen-bond acceptors (Lipinski definition) is 5. The number of carbonyl (C=O) groups is 2. The van der Waals surface area contributed by atoms with Crippen LogP contribution in [0, 0.1) is 5.82 Å². The molecule has 2 aromatic rings.